The van der Waals surface area contributed by atoms with Crippen molar-refractivity contribution in [2.45, 2.75) is 6.92 Å². The fourth-order valence-electron chi connectivity index (χ4n) is 0.731. The molecule has 64 valence electrons. The van der Waals surface area contributed by atoms with Gasteiger partial charge in [0.15, 0.2) is 0 Å². The largest absolute Gasteiger partial charge is 0.501 e. The van der Waals surface area contributed by atoms with Crippen LogP contribution in [0.3, 0.4) is 0 Å². The molecule has 0 saturated carbocycles. The molecular weight excluding hydrogens is 174 g/mol. The number of hydrogen-bond acceptors (Lipinski definition) is 2. The van der Waals surface area contributed by atoms with Gasteiger partial charge in [-0.1, -0.05) is 17.7 Å². The van der Waals surface area contributed by atoms with Crippen molar-refractivity contribution in [2.24, 2.45) is 0 Å². The van der Waals surface area contributed by atoms with Crippen LogP contribution in [0.15, 0.2) is 24.5 Å². The Kier molecular flexibility index (Phi) is 3.61. The van der Waals surface area contributed by atoms with Gasteiger partial charge in [0.2, 0.25) is 0 Å². The molecule has 0 aromatic carbocycles. The van der Waals surface area contributed by atoms with Crippen LogP contribution in [0.4, 0.5) is 0 Å². The van der Waals surface area contributed by atoms with Crippen LogP contribution in [-0.2, 0) is 4.74 Å². The second-order valence-electron chi connectivity index (χ2n) is 2.14. The summed E-state index contributed by atoms with van der Waals surface area (Å²) >= 11 is 5.67. The summed E-state index contributed by atoms with van der Waals surface area (Å²) in [5, 5.41) is 0.494. The highest BCUT2D eigenvalue weighted by atomic mass is 35.5. The highest BCUT2D eigenvalue weighted by Gasteiger charge is 1.89. The fourth-order valence-corrected chi connectivity index (χ4v) is 0.901. The van der Waals surface area contributed by atoms with E-state index in [1.54, 1.807) is 18.4 Å². The van der Waals surface area contributed by atoms with Crippen LogP contribution in [0.5, 0.6) is 0 Å². The molecule has 1 aromatic rings. The molecule has 0 radical (unpaired) electrons. The third-order valence-electron chi connectivity index (χ3n) is 1.24. The van der Waals surface area contributed by atoms with Crippen LogP contribution in [0.1, 0.15) is 12.6 Å². The van der Waals surface area contributed by atoms with Crippen molar-refractivity contribution in [2.75, 3.05) is 6.61 Å². The molecule has 0 aliphatic carbocycles. The van der Waals surface area contributed by atoms with Gasteiger partial charge in [-0.25, -0.2) is 4.98 Å². The van der Waals surface area contributed by atoms with Crippen molar-refractivity contribution >= 4 is 17.7 Å². The zero-order valence-corrected chi connectivity index (χ0v) is 7.58. The van der Waals surface area contributed by atoms with E-state index in [2.05, 4.69) is 4.98 Å². The minimum Gasteiger partial charge on any atom is -0.501 e. The molecule has 3 heteroatoms. The average molecular weight is 184 g/mol. The summed E-state index contributed by atoms with van der Waals surface area (Å²) < 4.78 is 5.01. The van der Waals surface area contributed by atoms with Gasteiger partial charge in [-0.2, -0.15) is 0 Å². The first-order valence-corrected chi connectivity index (χ1v) is 4.11. The van der Waals surface area contributed by atoms with Gasteiger partial charge in [-0.3, -0.25) is 0 Å². The van der Waals surface area contributed by atoms with Gasteiger partial charge in [-0.15, -0.1) is 0 Å². The Morgan fingerprint density at radius 3 is 3.08 bits per heavy atom. The summed E-state index contributed by atoms with van der Waals surface area (Å²) in [4.78, 5) is 4.04. The zero-order chi connectivity index (χ0) is 8.81. The zero-order valence-electron chi connectivity index (χ0n) is 6.83. The molecule has 0 atom stereocenters. The van der Waals surface area contributed by atoms with E-state index in [0.29, 0.717) is 11.8 Å². The lowest BCUT2D eigenvalue weighted by Crippen LogP contribution is -1.81. The molecule has 2 nitrogen and oxygen atoms in total. The van der Waals surface area contributed by atoms with Gasteiger partial charge < -0.3 is 4.74 Å². The number of halogens is 1. The molecule has 0 bridgehead atoms. The molecule has 1 heterocycles. The van der Waals surface area contributed by atoms with Gasteiger partial charge in [0.05, 0.1) is 18.6 Å². The number of pyridine rings is 1. The topological polar surface area (TPSA) is 22.1 Å². The van der Waals surface area contributed by atoms with Gasteiger partial charge in [0.1, 0.15) is 5.15 Å². The third-order valence-corrected chi connectivity index (χ3v) is 1.45. The van der Waals surface area contributed by atoms with Gasteiger partial charge in [-0.05, 0) is 25.1 Å². The predicted octanol–water partition coefficient (Wildman–Crippen LogP) is 2.74. The maximum atomic E-state index is 5.67. The van der Waals surface area contributed by atoms with Crippen molar-refractivity contribution in [1.29, 1.82) is 0 Å². The Hall–Kier alpha value is -1.02. The Bertz CT molecular complexity index is 273. The SMILES string of the molecule is CCOC=Cc1cccc(Cl)n1. The summed E-state index contributed by atoms with van der Waals surface area (Å²) in [7, 11) is 0. The van der Waals surface area contributed by atoms with Crippen LogP contribution >= 0.6 is 11.6 Å². The van der Waals surface area contributed by atoms with E-state index in [-0.39, 0.29) is 0 Å². The minimum absolute atomic E-state index is 0.494. The van der Waals surface area contributed by atoms with E-state index in [1.165, 1.54) is 0 Å². The molecular formula is C9H10ClNO. The summed E-state index contributed by atoms with van der Waals surface area (Å²) in [6, 6.07) is 5.45. The second-order valence-corrected chi connectivity index (χ2v) is 2.53. The van der Waals surface area contributed by atoms with E-state index in [0.717, 1.165) is 5.69 Å². The highest BCUT2D eigenvalue weighted by molar-refractivity contribution is 6.29. The maximum Gasteiger partial charge on any atom is 0.129 e. The summed E-state index contributed by atoms with van der Waals surface area (Å²) in [5.41, 5.74) is 0.802. The average Bonchev–Trinajstić information content (AvgIpc) is 2.05. The van der Waals surface area contributed by atoms with E-state index in [9.17, 15) is 0 Å². The number of rotatable bonds is 3. The lowest BCUT2D eigenvalue weighted by Gasteiger charge is -1.94. The lowest BCUT2D eigenvalue weighted by atomic mass is 10.3. The monoisotopic (exact) mass is 183 g/mol. The van der Waals surface area contributed by atoms with Crippen LogP contribution in [0, 0.1) is 0 Å². The molecule has 0 aliphatic rings. The van der Waals surface area contributed by atoms with E-state index in [1.807, 2.05) is 19.1 Å². The second kappa shape index (κ2) is 4.78. The van der Waals surface area contributed by atoms with Crippen LogP contribution < -0.4 is 0 Å². The van der Waals surface area contributed by atoms with Crippen LogP contribution in [0.25, 0.3) is 6.08 Å². The molecule has 12 heavy (non-hydrogen) atoms. The summed E-state index contributed by atoms with van der Waals surface area (Å²) in [5.74, 6) is 0. The fraction of sp³-hybridized carbons (Fsp3) is 0.222. The molecule has 0 fully saturated rings. The number of nitrogens with zero attached hydrogens (tertiary/aromatic N) is 1. The van der Waals surface area contributed by atoms with Crippen LogP contribution in [-0.4, -0.2) is 11.6 Å². The third kappa shape index (κ3) is 2.93. The van der Waals surface area contributed by atoms with Crippen molar-refractivity contribution in [3.8, 4) is 0 Å². The van der Waals surface area contributed by atoms with Crippen molar-refractivity contribution in [1.82, 2.24) is 4.98 Å². The first kappa shape index (κ1) is 9.07. The molecule has 0 aliphatic heterocycles. The van der Waals surface area contributed by atoms with Crippen molar-refractivity contribution in [3.05, 3.63) is 35.3 Å². The minimum atomic E-state index is 0.494. The smallest absolute Gasteiger partial charge is 0.129 e. The number of hydrogen-bond donors (Lipinski definition) is 0. The quantitative estimate of drug-likeness (QED) is 0.531. The lowest BCUT2D eigenvalue weighted by molar-refractivity contribution is 0.272. The van der Waals surface area contributed by atoms with Crippen LogP contribution in [0.2, 0.25) is 5.15 Å². The summed E-state index contributed by atoms with van der Waals surface area (Å²) in [6.45, 7) is 2.59. The number of ether oxygens (including phenoxy) is 1. The molecule has 0 N–H and O–H groups in total. The molecule has 0 saturated heterocycles. The Labute approximate surface area is 76.8 Å². The Balaban J connectivity index is 2.63. The van der Waals surface area contributed by atoms with Gasteiger partial charge in [0, 0.05) is 0 Å². The van der Waals surface area contributed by atoms with Gasteiger partial charge in [0.25, 0.3) is 0 Å². The molecule has 0 unspecified atom stereocenters. The number of aromatic nitrogens is 1. The summed E-state index contributed by atoms with van der Waals surface area (Å²) in [6.07, 6.45) is 3.38. The highest BCUT2D eigenvalue weighted by Crippen LogP contribution is 2.06. The molecule has 0 amide bonds. The Morgan fingerprint density at radius 1 is 1.58 bits per heavy atom. The predicted molar refractivity (Wildman–Crippen MR) is 49.9 cm³/mol. The van der Waals surface area contributed by atoms with E-state index >= 15 is 0 Å². The Morgan fingerprint density at radius 2 is 2.42 bits per heavy atom. The van der Waals surface area contributed by atoms with E-state index < -0.39 is 0 Å². The van der Waals surface area contributed by atoms with E-state index in [4.69, 9.17) is 16.3 Å². The first-order chi connectivity index (χ1) is 5.83. The molecule has 1 aromatic heterocycles. The van der Waals surface area contributed by atoms with Gasteiger partial charge >= 0.3 is 0 Å². The van der Waals surface area contributed by atoms with Crippen molar-refractivity contribution in [3.63, 3.8) is 0 Å². The molecule has 0 spiro atoms. The maximum absolute atomic E-state index is 5.67. The van der Waals surface area contributed by atoms with Crippen molar-refractivity contribution < 1.29 is 4.74 Å². The standard InChI is InChI=1S/C9H10ClNO/c1-2-12-7-6-8-4-3-5-9(10)11-8/h3-7H,2H2,1H3. The first-order valence-electron chi connectivity index (χ1n) is 3.73. The molecule has 1 rings (SSSR count). The normalized spacial score (nSPS) is 10.5.